The second-order valence-electron chi connectivity index (χ2n) is 16.5. The summed E-state index contributed by atoms with van der Waals surface area (Å²) in [6.07, 6.45) is 6.40. The average Bonchev–Trinajstić information content (AvgIpc) is 3.99. The first kappa shape index (κ1) is 54.2. The van der Waals surface area contributed by atoms with E-state index < -0.39 is 89.6 Å². The summed E-state index contributed by atoms with van der Waals surface area (Å²) in [5.74, 6) is -6.05. The van der Waals surface area contributed by atoms with Crippen LogP contribution in [0.3, 0.4) is 0 Å². The smallest absolute Gasteiger partial charge is 0.244 e. The number of nitrogens with one attached hydrogen (secondary N) is 9. The molecule has 69 heavy (non-hydrogen) atoms. The lowest BCUT2D eigenvalue weighted by molar-refractivity contribution is -0.135. The highest BCUT2D eigenvalue weighted by Crippen LogP contribution is 2.19. The number of hydrogen-bond acceptors (Lipinski definition) is 11. The molecule has 15 N–H and O–H groups in total. The number of thiol groups is 1. The highest BCUT2D eigenvalue weighted by atomic mass is 32.1. The van der Waals surface area contributed by atoms with Crippen molar-refractivity contribution in [3.05, 3.63) is 90.1 Å². The third kappa shape index (κ3) is 17.6. The Hall–Kier alpha value is -7.43. The standard InChI is InChI=1S/C46H64N14O8S/c1-4-5-15-33(55-27(3)61)41(64)54-26(2)40(63)60-38(24-69)45(68)59-37(21-30-23-50-25-53-30)44(67)58-36(19-28-12-7-6-8-13-28)43(66)56-34(17-11-18-51-46(48)49)42(65)57-35(39(47)62)20-29-22-52-32-16-10-9-14-31(29)32/h6-10,12-14,16,22-23,25-26,33-38,52,69H,4-5,11,15,17-21,24H2,1-3H3,(H2,47,62)(H,50,53)(H,54,64)(H,55,61)(H,56,66)(H,57,65)(H,58,67)(H,59,68)(H,60,63)(H4,48,49,51)/t26-,33-,34-,35-,36+,37-,38-/m0/s1. The number of aromatic amines is 2. The highest BCUT2D eigenvalue weighted by molar-refractivity contribution is 7.80. The van der Waals surface area contributed by atoms with E-state index in [0.29, 0.717) is 24.1 Å². The number of amides is 8. The SMILES string of the molecule is CCCC[C@H](NC(C)=O)C(=O)N[C@@H](C)C(=O)N[C@@H](CS)C(=O)N[C@@H](Cc1cnc[nH]1)C(=O)N[C@H](Cc1ccccc1)C(=O)N[C@@H](CCCN=C(N)N)C(=O)N[C@@H](Cc1c[nH]c2ccccc12)C(N)=O. The van der Waals surface area contributed by atoms with Crippen LogP contribution < -0.4 is 54.4 Å². The predicted molar refractivity (Wildman–Crippen MR) is 262 cm³/mol. The van der Waals surface area contributed by atoms with E-state index in [4.69, 9.17) is 17.2 Å². The van der Waals surface area contributed by atoms with E-state index in [1.807, 2.05) is 31.2 Å². The van der Waals surface area contributed by atoms with E-state index in [9.17, 15) is 38.4 Å². The van der Waals surface area contributed by atoms with Crippen LogP contribution in [0.25, 0.3) is 10.9 Å². The predicted octanol–water partition coefficient (Wildman–Crippen LogP) is -0.989. The lowest BCUT2D eigenvalue weighted by Crippen LogP contribution is -2.60. The van der Waals surface area contributed by atoms with Gasteiger partial charge in [0.2, 0.25) is 47.3 Å². The summed E-state index contributed by atoms with van der Waals surface area (Å²) < 4.78 is 0. The van der Waals surface area contributed by atoms with Crippen LogP contribution in [0, 0.1) is 0 Å². The van der Waals surface area contributed by atoms with Gasteiger partial charge in [-0.05, 0) is 43.4 Å². The van der Waals surface area contributed by atoms with Gasteiger partial charge in [0.15, 0.2) is 5.96 Å². The molecule has 22 nitrogen and oxygen atoms in total. The van der Waals surface area contributed by atoms with E-state index in [2.05, 4.69) is 69.8 Å². The Balaban J connectivity index is 1.55. The number of hydrogen-bond donors (Lipinski definition) is 13. The fourth-order valence-electron chi connectivity index (χ4n) is 7.28. The molecule has 0 aliphatic rings. The van der Waals surface area contributed by atoms with Gasteiger partial charge in [0.25, 0.3) is 0 Å². The van der Waals surface area contributed by atoms with Gasteiger partial charge in [0.1, 0.15) is 42.3 Å². The van der Waals surface area contributed by atoms with Crippen LogP contribution in [0.5, 0.6) is 0 Å². The first-order valence-corrected chi connectivity index (χ1v) is 23.2. The Morgan fingerprint density at radius 3 is 1.84 bits per heavy atom. The molecule has 0 unspecified atom stereocenters. The van der Waals surface area contributed by atoms with E-state index in [1.54, 1.807) is 36.5 Å². The minimum atomic E-state index is -1.36. The molecule has 8 amide bonds. The van der Waals surface area contributed by atoms with Crippen LogP contribution in [-0.4, -0.2) is 123 Å². The van der Waals surface area contributed by atoms with Gasteiger partial charge in [-0.15, -0.1) is 0 Å². The first-order valence-electron chi connectivity index (χ1n) is 22.6. The van der Waals surface area contributed by atoms with Crippen molar-refractivity contribution in [1.82, 2.24) is 52.2 Å². The Morgan fingerprint density at radius 1 is 0.652 bits per heavy atom. The Kier molecular flexibility index (Phi) is 21.5. The number of aliphatic imine (C=N–C) groups is 1. The minimum absolute atomic E-state index is 0.00526. The molecule has 7 atom stereocenters. The molecule has 4 rings (SSSR count). The molecule has 0 bridgehead atoms. The number of rotatable bonds is 28. The van der Waals surface area contributed by atoms with Crippen LogP contribution in [0.4, 0.5) is 0 Å². The average molecular weight is 973 g/mol. The monoisotopic (exact) mass is 972 g/mol. The van der Waals surface area contributed by atoms with Crippen molar-refractivity contribution < 1.29 is 38.4 Å². The summed E-state index contributed by atoms with van der Waals surface area (Å²) in [7, 11) is 0. The van der Waals surface area contributed by atoms with Crippen LogP contribution in [0.2, 0.25) is 0 Å². The minimum Gasteiger partial charge on any atom is -0.370 e. The van der Waals surface area contributed by atoms with E-state index >= 15 is 0 Å². The molecule has 372 valence electrons. The number of H-pyrrole nitrogens is 2. The number of fused-ring (bicyclic) bond motifs is 1. The topological polar surface area (TPSA) is 356 Å². The quantitative estimate of drug-likeness (QED) is 0.0142. The van der Waals surface area contributed by atoms with Gasteiger partial charge >= 0.3 is 0 Å². The number of nitrogens with zero attached hydrogens (tertiary/aromatic N) is 2. The van der Waals surface area contributed by atoms with Crippen molar-refractivity contribution in [2.24, 2.45) is 22.2 Å². The molecule has 0 saturated carbocycles. The maximum Gasteiger partial charge on any atom is 0.244 e. The summed E-state index contributed by atoms with van der Waals surface area (Å²) in [5.41, 5.74) is 19.5. The number of benzene rings is 2. The first-order chi connectivity index (χ1) is 33.0. The zero-order valence-corrected chi connectivity index (χ0v) is 39.8. The number of unbranched alkanes of at least 4 members (excludes halogenated alkanes) is 1. The molecule has 2 heterocycles. The summed E-state index contributed by atoms with van der Waals surface area (Å²) in [5, 5.41) is 19.4. The van der Waals surface area contributed by atoms with Crippen molar-refractivity contribution in [2.45, 2.75) is 114 Å². The number of nitrogens with two attached hydrogens (primary N) is 3. The van der Waals surface area contributed by atoms with Gasteiger partial charge in [-0.2, -0.15) is 12.6 Å². The molecule has 0 aliphatic carbocycles. The molecular formula is C46H64N14O8S. The van der Waals surface area contributed by atoms with Crippen molar-refractivity contribution in [1.29, 1.82) is 0 Å². The van der Waals surface area contributed by atoms with E-state index in [1.165, 1.54) is 26.4 Å². The van der Waals surface area contributed by atoms with Gasteiger partial charge in [-0.25, -0.2) is 4.98 Å². The van der Waals surface area contributed by atoms with Gasteiger partial charge in [0, 0.05) is 67.5 Å². The van der Waals surface area contributed by atoms with Gasteiger partial charge in [-0.3, -0.25) is 43.3 Å². The molecule has 4 aromatic rings. The van der Waals surface area contributed by atoms with Crippen molar-refractivity contribution in [2.75, 3.05) is 12.3 Å². The van der Waals surface area contributed by atoms with E-state index in [-0.39, 0.29) is 50.4 Å². The van der Waals surface area contributed by atoms with Crippen molar-refractivity contribution >= 4 is 76.7 Å². The zero-order valence-electron chi connectivity index (χ0n) is 38.9. The molecule has 0 saturated heterocycles. The Labute approximate surface area is 405 Å². The summed E-state index contributed by atoms with van der Waals surface area (Å²) >= 11 is 4.27. The number of primary amides is 1. The number of guanidine groups is 1. The maximum atomic E-state index is 14.4. The van der Waals surface area contributed by atoms with Crippen LogP contribution in [0.1, 0.15) is 69.7 Å². The molecule has 0 radical (unpaired) electrons. The fraction of sp³-hybridized carbons (Fsp3) is 0.435. The van der Waals surface area contributed by atoms with Gasteiger partial charge in [-0.1, -0.05) is 68.3 Å². The highest BCUT2D eigenvalue weighted by Gasteiger charge is 2.34. The molecular weight excluding hydrogens is 909 g/mol. The third-order valence-corrected chi connectivity index (χ3v) is 11.3. The van der Waals surface area contributed by atoms with Gasteiger partial charge in [0.05, 0.1) is 6.33 Å². The molecule has 2 aromatic heterocycles. The number of carbonyl (C=O) groups is 8. The number of aromatic nitrogens is 3. The van der Waals surface area contributed by atoms with Crippen LogP contribution in [0.15, 0.2) is 78.3 Å². The van der Waals surface area contributed by atoms with Crippen molar-refractivity contribution in [3.63, 3.8) is 0 Å². The molecule has 2 aromatic carbocycles. The lowest BCUT2D eigenvalue weighted by Gasteiger charge is -2.27. The largest absolute Gasteiger partial charge is 0.370 e. The fourth-order valence-corrected chi connectivity index (χ4v) is 7.54. The molecule has 0 spiro atoms. The summed E-state index contributed by atoms with van der Waals surface area (Å²) in [4.78, 5) is 121. The van der Waals surface area contributed by atoms with Gasteiger partial charge < -0.3 is 64.4 Å². The molecule has 0 aliphatic heterocycles. The normalized spacial score (nSPS) is 14.0. The van der Waals surface area contributed by atoms with Crippen LogP contribution in [-0.2, 0) is 57.6 Å². The Bertz CT molecular complexity index is 2390. The molecule has 0 fully saturated rings. The maximum absolute atomic E-state index is 14.4. The number of imidazole rings is 1. The molecule has 23 heteroatoms. The zero-order chi connectivity index (χ0) is 50.5. The Morgan fingerprint density at radius 2 is 1.22 bits per heavy atom. The lowest BCUT2D eigenvalue weighted by atomic mass is 10.0. The van der Waals surface area contributed by atoms with E-state index in [0.717, 1.165) is 22.9 Å². The second kappa shape index (κ2) is 27.4. The van der Waals surface area contributed by atoms with Crippen molar-refractivity contribution in [3.8, 4) is 0 Å². The second-order valence-corrected chi connectivity index (χ2v) is 16.9. The summed E-state index contributed by atoms with van der Waals surface area (Å²) in [6.45, 7) is 4.74. The number of carbonyl (C=O) groups excluding carboxylic acids is 8. The summed E-state index contributed by atoms with van der Waals surface area (Å²) in [6, 6.07) is 7.72. The third-order valence-electron chi connectivity index (χ3n) is 11.0. The number of para-hydroxylation sites is 1. The van der Waals surface area contributed by atoms with Crippen LogP contribution >= 0.6 is 12.6 Å².